The summed E-state index contributed by atoms with van der Waals surface area (Å²) in [5.41, 5.74) is -0.0500. The summed E-state index contributed by atoms with van der Waals surface area (Å²) in [5, 5.41) is 7.62. The van der Waals surface area contributed by atoms with Crippen LogP contribution in [-0.4, -0.2) is 29.2 Å². The molecule has 1 aromatic heterocycles. The maximum absolute atomic E-state index is 13.3. The van der Waals surface area contributed by atoms with Crippen molar-refractivity contribution >= 4 is 12.4 Å². The summed E-state index contributed by atoms with van der Waals surface area (Å²) < 4.78 is 32.0. The van der Waals surface area contributed by atoms with Crippen LogP contribution in [0, 0.1) is 5.92 Å². The summed E-state index contributed by atoms with van der Waals surface area (Å²) in [4.78, 5) is 4.65. The van der Waals surface area contributed by atoms with Gasteiger partial charge >= 0.3 is 0 Å². The molecule has 1 aliphatic carbocycles. The first-order valence-corrected chi connectivity index (χ1v) is 8.36. The van der Waals surface area contributed by atoms with Gasteiger partial charge in [0.2, 0.25) is 11.8 Å². The average Bonchev–Trinajstić information content (AvgIpc) is 2.98. The Morgan fingerprint density at radius 3 is 2.30 bits per heavy atom. The van der Waals surface area contributed by atoms with E-state index in [1.165, 1.54) is 0 Å². The van der Waals surface area contributed by atoms with Crippen molar-refractivity contribution in [1.29, 1.82) is 0 Å². The van der Waals surface area contributed by atoms with Crippen LogP contribution in [0.2, 0.25) is 0 Å². The van der Waals surface area contributed by atoms with Crippen LogP contribution in [0.4, 0.5) is 8.78 Å². The second-order valence-corrected chi connectivity index (χ2v) is 7.15. The Morgan fingerprint density at radius 1 is 1.13 bits per heavy atom. The van der Waals surface area contributed by atoms with E-state index in [1.807, 2.05) is 0 Å². The van der Waals surface area contributed by atoms with Gasteiger partial charge in [0.15, 0.2) is 5.82 Å². The van der Waals surface area contributed by atoms with Gasteiger partial charge < -0.3 is 9.84 Å². The molecule has 1 N–H and O–H groups in total. The zero-order valence-electron chi connectivity index (χ0n) is 13.8. The van der Waals surface area contributed by atoms with Crippen LogP contribution in [0.1, 0.15) is 70.0 Å². The van der Waals surface area contributed by atoms with Crippen molar-refractivity contribution in [3.05, 3.63) is 11.7 Å². The van der Waals surface area contributed by atoms with Crippen LogP contribution in [0.3, 0.4) is 0 Å². The minimum Gasteiger partial charge on any atom is -0.339 e. The summed E-state index contributed by atoms with van der Waals surface area (Å²) in [6.07, 6.45) is 2.71. The monoisotopic (exact) mass is 349 g/mol. The lowest BCUT2D eigenvalue weighted by Crippen LogP contribution is -2.44. The van der Waals surface area contributed by atoms with Crippen LogP contribution < -0.4 is 5.32 Å². The Hall–Kier alpha value is -0.750. The molecule has 3 rings (SSSR count). The number of hydrogen-bond acceptors (Lipinski definition) is 4. The molecular formula is C16H26ClF2N3O. The number of rotatable bonds is 3. The fraction of sp³-hybridized carbons (Fsp3) is 0.875. The third-order valence-electron chi connectivity index (χ3n) is 5.55. The predicted octanol–water partition coefficient (Wildman–Crippen LogP) is 4.06. The Labute approximate surface area is 142 Å². The standard InChI is InChI=1S/C16H25F2N3O.ClH/c1-11(2)15(7-9-19-10-8-15)14-20-13(22-21-14)12-3-5-16(17,18)6-4-12;/h11-12,19H,3-10H2,1-2H3;1H. The number of hydrogen-bond donors (Lipinski definition) is 1. The Morgan fingerprint density at radius 2 is 1.74 bits per heavy atom. The van der Waals surface area contributed by atoms with E-state index in [-0.39, 0.29) is 36.6 Å². The van der Waals surface area contributed by atoms with Crippen LogP contribution in [0.5, 0.6) is 0 Å². The minimum absolute atomic E-state index is 0. The Bertz CT molecular complexity index is 505. The number of nitrogens with zero attached hydrogens (tertiary/aromatic N) is 2. The van der Waals surface area contributed by atoms with Gasteiger partial charge in [-0.1, -0.05) is 19.0 Å². The lowest BCUT2D eigenvalue weighted by atomic mass is 9.70. The van der Waals surface area contributed by atoms with Gasteiger partial charge in [0.1, 0.15) is 0 Å². The summed E-state index contributed by atoms with van der Waals surface area (Å²) in [7, 11) is 0. The number of nitrogens with one attached hydrogen (secondary N) is 1. The topological polar surface area (TPSA) is 51.0 Å². The SMILES string of the molecule is CC(C)C1(c2noc(C3CCC(F)(F)CC3)n2)CCNCC1.Cl. The molecule has 1 saturated heterocycles. The van der Waals surface area contributed by atoms with Gasteiger partial charge in [-0.15, -0.1) is 12.4 Å². The third-order valence-corrected chi connectivity index (χ3v) is 5.55. The largest absolute Gasteiger partial charge is 0.339 e. The second kappa shape index (κ2) is 7.01. The van der Waals surface area contributed by atoms with E-state index >= 15 is 0 Å². The first kappa shape index (κ1) is 18.6. The van der Waals surface area contributed by atoms with Crippen molar-refractivity contribution in [2.75, 3.05) is 13.1 Å². The van der Waals surface area contributed by atoms with Crippen LogP contribution in [0.15, 0.2) is 4.52 Å². The molecule has 0 unspecified atom stereocenters. The molecule has 2 heterocycles. The highest BCUT2D eigenvalue weighted by molar-refractivity contribution is 5.85. The zero-order valence-corrected chi connectivity index (χ0v) is 14.6. The molecule has 2 aliphatic rings. The first-order chi connectivity index (χ1) is 10.4. The summed E-state index contributed by atoms with van der Waals surface area (Å²) in [5.74, 6) is -0.768. The molecule has 4 nitrogen and oxygen atoms in total. The van der Waals surface area contributed by atoms with E-state index in [1.54, 1.807) is 0 Å². The van der Waals surface area contributed by atoms with Gasteiger partial charge in [0, 0.05) is 24.2 Å². The van der Waals surface area contributed by atoms with E-state index in [0.717, 1.165) is 31.8 Å². The quantitative estimate of drug-likeness (QED) is 0.894. The molecule has 0 atom stereocenters. The van der Waals surface area contributed by atoms with Gasteiger partial charge in [-0.25, -0.2) is 8.78 Å². The fourth-order valence-corrected chi connectivity index (χ4v) is 3.82. The van der Waals surface area contributed by atoms with Crippen LogP contribution >= 0.6 is 12.4 Å². The van der Waals surface area contributed by atoms with E-state index in [2.05, 4.69) is 29.3 Å². The summed E-state index contributed by atoms with van der Waals surface area (Å²) in [6, 6.07) is 0. The highest BCUT2D eigenvalue weighted by Crippen LogP contribution is 2.42. The molecular weight excluding hydrogens is 324 g/mol. The summed E-state index contributed by atoms with van der Waals surface area (Å²) >= 11 is 0. The maximum atomic E-state index is 13.3. The molecule has 23 heavy (non-hydrogen) atoms. The predicted molar refractivity (Wildman–Crippen MR) is 86.3 cm³/mol. The van der Waals surface area contributed by atoms with Gasteiger partial charge in [-0.05, 0) is 44.7 Å². The van der Waals surface area contributed by atoms with Crippen molar-refractivity contribution in [2.45, 2.75) is 69.6 Å². The van der Waals surface area contributed by atoms with Crippen molar-refractivity contribution in [3.63, 3.8) is 0 Å². The van der Waals surface area contributed by atoms with E-state index in [0.29, 0.717) is 24.7 Å². The first-order valence-electron chi connectivity index (χ1n) is 8.36. The lowest BCUT2D eigenvalue weighted by molar-refractivity contribution is -0.0402. The summed E-state index contributed by atoms with van der Waals surface area (Å²) in [6.45, 7) is 6.31. The van der Waals surface area contributed by atoms with Crippen molar-refractivity contribution in [1.82, 2.24) is 15.5 Å². The van der Waals surface area contributed by atoms with Crippen molar-refractivity contribution in [3.8, 4) is 0 Å². The fourth-order valence-electron chi connectivity index (χ4n) is 3.82. The molecule has 1 aromatic rings. The van der Waals surface area contributed by atoms with Gasteiger partial charge in [0.05, 0.1) is 0 Å². The molecule has 1 saturated carbocycles. The van der Waals surface area contributed by atoms with Gasteiger partial charge in [-0.2, -0.15) is 4.98 Å². The van der Waals surface area contributed by atoms with E-state index in [9.17, 15) is 8.78 Å². The number of alkyl halides is 2. The molecule has 0 spiro atoms. The highest BCUT2D eigenvalue weighted by Gasteiger charge is 2.42. The van der Waals surface area contributed by atoms with Crippen LogP contribution in [-0.2, 0) is 5.41 Å². The second-order valence-electron chi connectivity index (χ2n) is 7.15. The third kappa shape index (κ3) is 3.68. The van der Waals surface area contributed by atoms with Crippen LogP contribution in [0.25, 0.3) is 0 Å². The molecule has 0 bridgehead atoms. The molecule has 0 amide bonds. The number of aromatic nitrogens is 2. The highest BCUT2D eigenvalue weighted by atomic mass is 35.5. The molecule has 0 aromatic carbocycles. The Balaban J connectivity index is 0.00000192. The lowest BCUT2D eigenvalue weighted by Gasteiger charge is -2.38. The van der Waals surface area contributed by atoms with Crippen molar-refractivity contribution < 1.29 is 13.3 Å². The maximum Gasteiger partial charge on any atom is 0.248 e. The molecule has 0 radical (unpaired) electrons. The minimum atomic E-state index is -2.52. The van der Waals surface area contributed by atoms with Gasteiger partial charge in [-0.3, -0.25) is 0 Å². The molecule has 1 aliphatic heterocycles. The normalized spacial score (nSPS) is 24.4. The van der Waals surface area contributed by atoms with Gasteiger partial charge in [0.25, 0.3) is 0 Å². The van der Waals surface area contributed by atoms with Crippen molar-refractivity contribution in [2.24, 2.45) is 5.92 Å². The number of piperidine rings is 1. The molecule has 132 valence electrons. The Kier molecular flexibility index (Phi) is 5.67. The molecule has 7 heteroatoms. The van der Waals surface area contributed by atoms with E-state index in [4.69, 9.17) is 4.52 Å². The molecule has 2 fully saturated rings. The zero-order chi connectivity index (χ0) is 15.8. The average molecular weight is 350 g/mol. The smallest absolute Gasteiger partial charge is 0.248 e. The number of halogens is 3. The van der Waals surface area contributed by atoms with E-state index < -0.39 is 5.92 Å².